The topological polar surface area (TPSA) is 51.8 Å². The van der Waals surface area contributed by atoms with Crippen molar-refractivity contribution in [2.24, 2.45) is 0 Å². The number of fused-ring (bicyclic) bond motifs is 4. The summed E-state index contributed by atoms with van der Waals surface area (Å²) in [5, 5.41) is 4.51. The molecule has 10 aromatic rings. The Balaban J connectivity index is 1.01. The molecule has 2 heterocycles. The van der Waals surface area contributed by atoms with E-state index in [0.717, 1.165) is 55.8 Å². The van der Waals surface area contributed by atoms with Crippen molar-refractivity contribution in [3.8, 4) is 45.0 Å². The maximum Gasteiger partial charge on any atom is 0.164 e. The quantitative estimate of drug-likeness (QED) is 0.158. The zero-order chi connectivity index (χ0) is 36.6. The zero-order valence-corrected chi connectivity index (χ0v) is 30.1. The molecule has 0 aliphatic rings. The van der Waals surface area contributed by atoms with Gasteiger partial charge in [-0.25, -0.2) is 15.0 Å². The third-order valence-electron chi connectivity index (χ3n) is 10.5. The second-order valence-corrected chi connectivity index (χ2v) is 14.0. The highest BCUT2D eigenvalue weighted by molar-refractivity contribution is 6.08. The molecule has 2 aromatic heterocycles. The predicted octanol–water partition coefficient (Wildman–Crippen LogP) is 12.8. The van der Waals surface area contributed by atoms with E-state index in [1.54, 1.807) is 0 Å². The first-order chi connectivity index (χ1) is 27.2. The van der Waals surface area contributed by atoms with Gasteiger partial charge in [-0.3, -0.25) is 0 Å². The molecule has 0 saturated heterocycles. The Labute approximate surface area is 319 Å². The molecule has 0 N–H and O–H groups in total. The number of furan rings is 1. The summed E-state index contributed by atoms with van der Waals surface area (Å²) in [5.74, 6) is 2.04. The van der Waals surface area contributed by atoms with Crippen molar-refractivity contribution < 1.29 is 4.42 Å². The normalized spacial score (nSPS) is 11.4. The molecule has 55 heavy (non-hydrogen) atoms. The maximum absolute atomic E-state index is 6.51. The van der Waals surface area contributed by atoms with Gasteiger partial charge in [-0.15, -0.1) is 0 Å². The Kier molecular flexibility index (Phi) is 8.27. The van der Waals surface area contributed by atoms with Crippen LogP contribution in [0.15, 0.2) is 192 Å². The largest absolute Gasteiger partial charge is 0.456 e. The van der Waals surface area contributed by atoms with Crippen molar-refractivity contribution >= 4 is 32.7 Å². The van der Waals surface area contributed by atoms with Gasteiger partial charge in [0.15, 0.2) is 11.6 Å². The molecule has 0 spiro atoms. The lowest BCUT2D eigenvalue weighted by atomic mass is 9.95. The van der Waals surface area contributed by atoms with Gasteiger partial charge in [0.05, 0.1) is 0 Å². The van der Waals surface area contributed by atoms with Crippen molar-refractivity contribution in [3.63, 3.8) is 0 Å². The highest BCUT2D eigenvalue weighted by Crippen LogP contribution is 2.36. The van der Waals surface area contributed by atoms with Gasteiger partial charge < -0.3 is 4.42 Å². The van der Waals surface area contributed by atoms with E-state index in [4.69, 9.17) is 19.4 Å². The van der Waals surface area contributed by atoms with Crippen LogP contribution < -0.4 is 0 Å². The molecule has 0 saturated carbocycles. The van der Waals surface area contributed by atoms with Gasteiger partial charge in [-0.05, 0) is 68.3 Å². The molecular formula is C51H35N3O. The summed E-state index contributed by atoms with van der Waals surface area (Å²) in [6.07, 6.45) is 1.31. The number of hydrogen-bond acceptors (Lipinski definition) is 4. The Morgan fingerprint density at radius 2 is 0.873 bits per heavy atom. The fourth-order valence-corrected chi connectivity index (χ4v) is 7.75. The highest BCUT2D eigenvalue weighted by Gasteiger charge is 2.18. The number of benzene rings is 8. The average Bonchev–Trinajstić information content (AvgIpc) is 3.65. The molecule has 0 aliphatic heterocycles. The van der Waals surface area contributed by atoms with E-state index in [1.165, 1.54) is 33.4 Å². The number of rotatable bonds is 8. The SMILES string of the molecule is c1ccc(-c2ccc(-c3ccc(Cc4cccc5oc6cccc(Cc7nc(-c8ccccc8)nc(-c8cccc9ccccc89)n7)c6c45)cc3)cc2)cc1. The monoisotopic (exact) mass is 705 g/mol. The Bertz CT molecular complexity index is 2950. The van der Waals surface area contributed by atoms with Crippen LogP contribution in [0.4, 0.5) is 0 Å². The molecule has 4 heteroatoms. The van der Waals surface area contributed by atoms with Gasteiger partial charge in [0.25, 0.3) is 0 Å². The van der Waals surface area contributed by atoms with Gasteiger partial charge in [0, 0.05) is 28.3 Å². The Morgan fingerprint density at radius 3 is 1.55 bits per heavy atom. The molecule has 4 nitrogen and oxygen atoms in total. The molecular weight excluding hydrogens is 671 g/mol. The number of nitrogens with zero attached hydrogens (tertiary/aromatic N) is 3. The summed E-state index contributed by atoms with van der Waals surface area (Å²) in [6.45, 7) is 0. The van der Waals surface area contributed by atoms with Crippen molar-refractivity contribution in [3.05, 3.63) is 211 Å². The fraction of sp³-hybridized carbons (Fsp3) is 0.0392. The smallest absolute Gasteiger partial charge is 0.164 e. The molecule has 8 aromatic carbocycles. The highest BCUT2D eigenvalue weighted by atomic mass is 16.3. The second-order valence-electron chi connectivity index (χ2n) is 14.0. The summed E-state index contributed by atoms with van der Waals surface area (Å²) in [5.41, 5.74) is 12.1. The minimum absolute atomic E-state index is 0.526. The summed E-state index contributed by atoms with van der Waals surface area (Å²) in [7, 11) is 0. The van der Waals surface area contributed by atoms with E-state index in [2.05, 4.69) is 170 Å². The molecule has 0 bridgehead atoms. The van der Waals surface area contributed by atoms with E-state index in [9.17, 15) is 0 Å². The van der Waals surface area contributed by atoms with Crippen LogP contribution in [0.2, 0.25) is 0 Å². The van der Waals surface area contributed by atoms with Crippen LogP contribution in [0.25, 0.3) is 77.7 Å². The molecule has 0 aliphatic carbocycles. The molecule has 0 radical (unpaired) electrons. The lowest BCUT2D eigenvalue weighted by molar-refractivity contribution is 0.668. The first kappa shape index (κ1) is 32.5. The van der Waals surface area contributed by atoms with Crippen molar-refractivity contribution in [1.82, 2.24) is 15.0 Å². The Morgan fingerprint density at radius 1 is 0.364 bits per heavy atom. The lowest BCUT2D eigenvalue weighted by Gasteiger charge is -2.11. The van der Waals surface area contributed by atoms with Gasteiger partial charge in [-0.1, -0.05) is 176 Å². The van der Waals surface area contributed by atoms with E-state index >= 15 is 0 Å². The predicted molar refractivity (Wildman–Crippen MR) is 225 cm³/mol. The van der Waals surface area contributed by atoms with Crippen LogP contribution in [0.5, 0.6) is 0 Å². The second kappa shape index (κ2) is 14.0. The average molecular weight is 706 g/mol. The summed E-state index contributed by atoms with van der Waals surface area (Å²) in [4.78, 5) is 15.2. The van der Waals surface area contributed by atoms with E-state index < -0.39 is 0 Å². The molecule has 0 unspecified atom stereocenters. The number of hydrogen-bond donors (Lipinski definition) is 0. The third-order valence-corrected chi connectivity index (χ3v) is 10.5. The Hall–Kier alpha value is -7.17. The van der Waals surface area contributed by atoms with Crippen molar-refractivity contribution in [2.75, 3.05) is 0 Å². The van der Waals surface area contributed by atoms with Crippen LogP contribution in [0, 0.1) is 0 Å². The van der Waals surface area contributed by atoms with Crippen LogP contribution in [-0.2, 0) is 12.8 Å². The molecule has 0 amide bonds. The first-order valence-electron chi connectivity index (χ1n) is 18.7. The van der Waals surface area contributed by atoms with E-state index in [-0.39, 0.29) is 0 Å². The third kappa shape index (κ3) is 6.34. The lowest BCUT2D eigenvalue weighted by Crippen LogP contribution is -2.04. The van der Waals surface area contributed by atoms with Crippen LogP contribution >= 0.6 is 0 Å². The fourth-order valence-electron chi connectivity index (χ4n) is 7.75. The van der Waals surface area contributed by atoms with Crippen LogP contribution in [0.1, 0.15) is 22.5 Å². The molecule has 10 rings (SSSR count). The molecule has 0 atom stereocenters. The summed E-state index contributed by atoms with van der Waals surface area (Å²) >= 11 is 0. The van der Waals surface area contributed by atoms with Gasteiger partial charge in [0.2, 0.25) is 0 Å². The molecule has 0 fully saturated rings. The zero-order valence-electron chi connectivity index (χ0n) is 30.1. The van der Waals surface area contributed by atoms with Crippen molar-refractivity contribution in [2.45, 2.75) is 12.8 Å². The van der Waals surface area contributed by atoms with Gasteiger partial charge in [-0.2, -0.15) is 0 Å². The number of aromatic nitrogens is 3. The standard InChI is InChI=1S/C51H35N3O/c1-3-12-35(13-4-1)37-28-30-38(31-29-37)36-26-24-34(25-27-36)32-41-18-10-22-45-48(41)49-42(19-11-23-46(49)55-45)33-47-52-50(40-15-5-2-6-16-40)54-51(53-47)44-21-9-17-39-14-7-8-20-43(39)44/h1-31H,32-33H2. The molecule has 260 valence electrons. The van der Waals surface area contributed by atoms with Crippen LogP contribution in [-0.4, -0.2) is 15.0 Å². The minimum Gasteiger partial charge on any atom is -0.456 e. The van der Waals surface area contributed by atoms with Crippen LogP contribution in [0.3, 0.4) is 0 Å². The summed E-state index contributed by atoms with van der Waals surface area (Å²) in [6, 6.07) is 65.8. The van der Waals surface area contributed by atoms with E-state index in [1.807, 2.05) is 18.2 Å². The van der Waals surface area contributed by atoms with Gasteiger partial charge in [0.1, 0.15) is 17.0 Å². The first-order valence-corrected chi connectivity index (χ1v) is 18.7. The maximum atomic E-state index is 6.51. The van der Waals surface area contributed by atoms with E-state index in [0.29, 0.717) is 23.9 Å². The van der Waals surface area contributed by atoms with Gasteiger partial charge >= 0.3 is 0 Å². The minimum atomic E-state index is 0.526. The summed E-state index contributed by atoms with van der Waals surface area (Å²) < 4.78 is 6.51. The van der Waals surface area contributed by atoms with Crippen molar-refractivity contribution in [1.29, 1.82) is 0 Å².